The highest BCUT2D eigenvalue weighted by atomic mass is 19.1. The van der Waals surface area contributed by atoms with E-state index in [9.17, 15) is 48.3 Å². The zero-order chi connectivity index (χ0) is 53.6. The number of benzene rings is 2. The van der Waals surface area contributed by atoms with Crippen LogP contribution < -0.4 is 26.8 Å². The fourth-order valence-corrected chi connectivity index (χ4v) is 9.19. The van der Waals surface area contributed by atoms with Crippen molar-refractivity contribution in [3.63, 3.8) is 0 Å². The largest absolute Gasteiger partial charge is 0.458 e. The number of cyclic esters (lactones) is 1. The molecular weight excluding hydrogens is 974 g/mol. The minimum absolute atomic E-state index is 0.0271. The summed E-state index contributed by atoms with van der Waals surface area (Å²) >= 11 is 0. The number of rotatable bonds is 22. The Hall–Kier alpha value is -8.47. The molecule has 23 heteroatoms. The minimum atomic E-state index is -2.02. The number of ether oxygens (including phenoxy) is 1. The number of aryl methyl sites for hydroxylation is 1. The van der Waals surface area contributed by atoms with E-state index in [1.807, 2.05) is 0 Å². The molecule has 3 aromatic heterocycles. The van der Waals surface area contributed by atoms with Crippen molar-refractivity contribution in [2.24, 2.45) is 0 Å². The summed E-state index contributed by atoms with van der Waals surface area (Å²) in [4.78, 5) is 122. The maximum atomic E-state index is 15.0. The van der Waals surface area contributed by atoms with E-state index in [4.69, 9.17) is 9.72 Å². The van der Waals surface area contributed by atoms with Crippen molar-refractivity contribution in [3.8, 4) is 11.4 Å². The number of pyridine rings is 2. The Bertz CT molecular complexity index is 3190. The van der Waals surface area contributed by atoms with Crippen LogP contribution in [-0.2, 0) is 81.2 Å². The third-order valence-corrected chi connectivity index (χ3v) is 13.5. The smallest absolute Gasteiger partial charge is 0.343 e. The molecule has 0 unspecified atom stereocenters. The molecule has 22 nitrogen and oxygen atoms in total. The predicted molar refractivity (Wildman–Crippen MR) is 265 cm³/mol. The third-order valence-electron chi connectivity index (χ3n) is 13.5. The zero-order valence-corrected chi connectivity index (χ0v) is 41.6. The van der Waals surface area contributed by atoms with E-state index in [-0.39, 0.29) is 93.9 Å². The molecule has 0 saturated carbocycles. The summed E-state index contributed by atoms with van der Waals surface area (Å²) in [6, 6.07) is 12.4. The number of carbonyl (C=O) groups is 8. The summed E-state index contributed by atoms with van der Waals surface area (Å²) in [5.74, 6) is -4.83. The number of amides is 7. The van der Waals surface area contributed by atoms with E-state index in [1.54, 1.807) is 74.2 Å². The average Bonchev–Trinajstić information content (AvgIpc) is 4.13. The number of unbranched alkanes of at least 4 members (excludes halogenated alkanes) is 2. The van der Waals surface area contributed by atoms with Crippen LogP contribution in [0.2, 0.25) is 0 Å². The summed E-state index contributed by atoms with van der Waals surface area (Å²) < 4.78 is 23.4. The lowest BCUT2D eigenvalue weighted by Crippen LogP contribution is -2.52. The molecule has 0 spiro atoms. The van der Waals surface area contributed by atoms with Crippen LogP contribution in [0.15, 0.2) is 71.7 Å². The fourth-order valence-electron chi connectivity index (χ4n) is 9.19. The number of nitrogens with one attached hydrogen (secondary N) is 4. The van der Waals surface area contributed by atoms with Gasteiger partial charge in [-0.25, -0.2) is 18.9 Å². The van der Waals surface area contributed by atoms with Crippen molar-refractivity contribution >= 4 is 58.2 Å². The molecule has 0 radical (unpaired) electrons. The van der Waals surface area contributed by atoms with E-state index < -0.39 is 65.7 Å². The lowest BCUT2D eigenvalue weighted by Gasteiger charge is -2.31. The number of aromatic nitrogens is 5. The van der Waals surface area contributed by atoms with Crippen molar-refractivity contribution in [2.45, 2.75) is 90.1 Å². The molecule has 7 amide bonds. The van der Waals surface area contributed by atoms with Gasteiger partial charge in [-0.3, -0.25) is 43.3 Å². The van der Waals surface area contributed by atoms with Crippen LogP contribution in [0.25, 0.3) is 22.3 Å². The van der Waals surface area contributed by atoms with E-state index >= 15 is 4.39 Å². The summed E-state index contributed by atoms with van der Waals surface area (Å²) in [5.41, 5.74) is 1.98. The molecule has 0 fully saturated rings. The van der Waals surface area contributed by atoms with Gasteiger partial charge in [0.25, 0.3) is 17.4 Å². The van der Waals surface area contributed by atoms with Gasteiger partial charge in [-0.1, -0.05) is 48.9 Å². The normalized spacial score (nSPS) is 15.7. The second kappa shape index (κ2) is 22.7. The molecule has 75 heavy (non-hydrogen) atoms. The number of fused-ring (bicyclic) bond motifs is 5. The van der Waals surface area contributed by atoms with Crippen molar-refractivity contribution in [1.29, 1.82) is 0 Å². The van der Waals surface area contributed by atoms with Crippen LogP contribution in [0.1, 0.15) is 78.1 Å². The Morgan fingerprint density at radius 2 is 1.64 bits per heavy atom. The molecule has 5 aromatic rings. The number of nitrogens with zero attached hydrogens (tertiary/aromatic N) is 7. The lowest BCUT2D eigenvalue weighted by molar-refractivity contribution is -0.172. The SMILES string of the molecule is CC[C@@]1(O)C(=O)OCc2c1cc1n(c2=O)Cc2c-1nc1cc(F)c(C)cc1c2Cn1cc(CCN(C)C(=O)CNC(=O)[C@@H](Cc2ccccc2)NC(=O)CNC(=O)CNC(=O)CCCCCN2C(=O)C=CC2=O)nn1. The molecule has 6 heterocycles. The summed E-state index contributed by atoms with van der Waals surface area (Å²) in [6.45, 7) is 2.37. The van der Waals surface area contributed by atoms with Crippen LogP contribution in [-0.4, -0.2) is 133 Å². The zero-order valence-electron chi connectivity index (χ0n) is 41.6. The number of likely N-dealkylation sites (N-methyl/N-ethyl adjacent to an activating group) is 1. The first-order valence-corrected chi connectivity index (χ1v) is 24.5. The lowest BCUT2D eigenvalue weighted by atomic mass is 9.86. The summed E-state index contributed by atoms with van der Waals surface area (Å²) in [5, 5.41) is 30.8. The summed E-state index contributed by atoms with van der Waals surface area (Å²) in [7, 11) is 1.56. The van der Waals surface area contributed by atoms with Gasteiger partial charge in [0, 0.05) is 80.3 Å². The standard InChI is InChI=1S/C52H56FN11O11/c1-4-52(74)37-21-41-48-35(28-64(41)50(72)36(37)29-75-51(52)73)34(33-19-30(2)38(53)22-39(33)58-48)27-62-26-32(59-60-62)16-18-61(3)47(70)25-56-49(71)40(20-31-11-7-5-8-12-31)57-44(67)24-55-43(66)23-54-42(65)13-9-6-10-17-63-45(68)14-15-46(63)69/h5,7-8,11-12,14-15,19,21-22,26,40,74H,4,6,9-10,13,16-18,20,23-25,27-29H2,1-3H3,(H,54,65)(H,55,66)(H,56,71)(H,57,67)/t40-,52+/m1/s1. The van der Waals surface area contributed by atoms with Gasteiger partial charge < -0.3 is 40.6 Å². The third kappa shape index (κ3) is 11.8. The first-order chi connectivity index (χ1) is 35.9. The van der Waals surface area contributed by atoms with E-state index in [0.717, 1.165) is 10.5 Å². The van der Waals surface area contributed by atoms with Crippen LogP contribution in [0.4, 0.5) is 4.39 Å². The monoisotopic (exact) mass is 1030 g/mol. The number of aliphatic hydroxyl groups is 1. The molecule has 2 atom stereocenters. The minimum Gasteiger partial charge on any atom is -0.458 e. The number of halogens is 1. The van der Waals surface area contributed by atoms with Crippen LogP contribution >= 0.6 is 0 Å². The number of esters is 1. The molecular formula is C52H56FN11O11. The molecule has 392 valence electrons. The Morgan fingerprint density at radius 1 is 0.907 bits per heavy atom. The quantitative estimate of drug-likeness (QED) is 0.0356. The van der Waals surface area contributed by atoms with Gasteiger partial charge in [0.15, 0.2) is 5.60 Å². The van der Waals surface area contributed by atoms with Crippen molar-refractivity contribution in [1.82, 2.24) is 55.6 Å². The van der Waals surface area contributed by atoms with Gasteiger partial charge >= 0.3 is 5.97 Å². The van der Waals surface area contributed by atoms with Crippen LogP contribution in [0, 0.1) is 12.7 Å². The number of carbonyl (C=O) groups excluding carboxylic acids is 8. The van der Waals surface area contributed by atoms with Gasteiger partial charge in [0.05, 0.1) is 60.9 Å². The van der Waals surface area contributed by atoms with Gasteiger partial charge in [0.1, 0.15) is 18.5 Å². The molecule has 2 aromatic carbocycles. The fraction of sp³-hybridized carbons (Fsp3) is 0.385. The Balaban J connectivity index is 0.833. The first kappa shape index (κ1) is 52.8. The maximum absolute atomic E-state index is 15.0. The van der Waals surface area contributed by atoms with Gasteiger partial charge in [-0.2, -0.15) is 0 Å². The van der Waals surface area contributed by atoms with Gasteiger partial charge in [-0.05, 0) is 55.0 Å². The topological polar surface area (TPSA) is 286 Å². The number of imide groups is 1. The average molecular weight is 1030 g/mol. The molecule has 8 rings (SSSR count). The highest BCUT2D eigenvalue weighted by Gasteiger charge is 2.45. The van der Waals surface area contributed by atoms with Crippen molar-refractivity contribution in [2.75, 3.05) is 39.8 Å². The second-order valence-electron chi connectivity index (χ2n) is 18.7. The van der Waals surface area contributed by atoms with E-state index in [0.29, 0.717) is 63.9 Å². The maximum Gasteiger partial charge on any atom is 0.343 e. The molecule has 0 saturated heterocycles. The van der Waals surface area contributed by atoms with Crippen LogP contribution in [0.3, 0.4) is 0 Å². The molecule has 0 bridgehead atoms. The summed E-state index contributed by atoms with van der Waals surface area (Å²) in [6.07, 6.45) is 6.15. The number of hydrogen-bond donors (Lipinski definition) is 5. The molecule has 3 aliphatic heterocycles. The molecule has 0 aliphatic carbocycles. The van der Waals surface area contributed by atoms with Gasteiger partial charge in [0.2, 0.25) is 29.5 Å². The predicted octanol–water partition coefficient (Wildman–Crippen LogP) is 0.729. The molecule has 3 aliphatic rings. The van der Waals surface area contributed by atoms with Gasteiger partial charge in [-0.15, -0.1) is 5.10 Å². The van der Waals surface area contributed by atoms with Crippen molar-refractivity contribution < 1.29 is 52.6 Å². The number of hydrogen-bond acceptors (Lipinski definition) is 14. The Morgan fingerprint density at radius 3 is 2.39 bits per heavy atom. The Labute approximate surface area is 428 Å². The highest BCUT2D eigenvalue weighted by Crippen LogP contribution is 2.40. The van der Waals surface area contributed by atoms with E-state index in [1.165, 1.54) is 27.7 Å². The highest BCUT2D eigenvalue weighted by molar-refractivity contribution is 6.12. The first-order valence-electron chi connectivity index (χ1n) is 24.5. The van der Waals surface area contributed by atoms with E-state index in [2.05, 4.69) is 31.6 Å². The second-order valence-corrected chi connectivity index (χ2v) is 18.7. The van der Waals surface area contributed by atoms with Crippen LogP contribution in [0.5, 0.6) is 0 Å². The molecule has 5 N–H and O–H groups in total. The van der Waals surface area contributed by atoms with Crippen molar-refractivity contribution in [3.05, 3.63) is 122 Å². The Kier molecular flexibility index (Phi) is 16.0.